The number of thiophene rings is 1. The van der Waals surface area contributed by atoms with E-state index in [0.717, 1.165) is 19.6 Å². The maximum absolute atomic E-state index is 3.64. The molecule has 17 heavy (non-hydrogen) atoms. The Balaban J connectivity index is 2.01. The van der Waals surface area contributed by atoms with Gasteiger partial charge in [0, 0.05) is 41.1 Å². The number of halogens is 1. The molecule has 0 spiro atoms. The van der Waals surface area contributed by atoms with Gasteiger partial charge in [0.05, 0.1) is 0 Å². The Morgan fingerprint density at radius 2 is 2.35 bits per heavy atom. The monoisotopic (exact) mass is 316 g/mol. The van der Waals surface area contributed by atoms with Gasteiger partial charge in [0.25, 0.3) is 0 Å². The minimum Gasteiger partial charge on any atom is -0.311 e. The molecule has 1 aliphatic heterocycles. The summed E-state index contributed by atoms with van der Waals surface area (Å²) in [5.74, 6) is 0.705. The molecule has 0 radical (unpaired) electrons. The molecule has 2 heterocycles. The van der Waals surface area contributed by atoms with Crippen molar-refractivity contribution in [1.82, 2.24) is 10.2 Å². The summed E-state index contributed by atoms with van der Waals surface area (Å²) in [6.07, 6.45) is 0. The third-order valence-electron chi connectivity index (χ3n) is 3.57. The third kappa shape index (κ3) is 3.31. The maximum atomic E-state index is 3.64. The lowest BCUT2D eigenvalue weighted by atomic mass is 10.00. The first kappa shape index (κ1) is 13.5. The predicted molar refractivity (Wildman–Crippen MR) is 78.5 cm³/mol. The SMILES string of the molecule is CC(C)C1CN(Cc2sccc2Br)C(C)CN1. The van der Waals surface area contributed by atoms with Crippen LogP contribution in [-0.4, -0.2) is 30.1 Å². The summed E-state index contributed by atoms with van der Waals surface area (Å²) in [6, 6.07) is 3.40. The van der Waals surface area contributed by atoms with Gasteiger partial charge < -0.3 is 5.32 Å². The molecule has 1 aromatic rings. The molecular weight excluding hydrogens is 296 g/mol. The largest absolute Gasteiger partial charge is 0.311 e. The fourth-order valence-electron chi connectivity index (χ4n) is 2.24. The summed E-state index contributed by atoms with van der Waals surface area (Å²) in [5, 5.41) is 5.80. The first-order chi connectivity index (χ1) is 8.08. The standard InChI is InChI=1S/C13H21BrN2S/c1-9(2)12-7-16(10(3)6-15-12)8-13-11(14)4-5-17-13/h4-5,9-10,12,15H,6-8H2,1-3H3. The zero-order chi connectivity index (χ0) is 12.4. The average Bonchev–Trinajstić information content (AvgIpc) is 2.67. The van der Waals surface area contributed by atoms with Crippen LogP contribution in [0.1, 0.15) is 25.6 Å². The first-order valence-corrected chi connectivity index (χ1v) is 7.94. The molecule has 1 fully saturated rings. The number of hydrogen-bond donors (Lipinski definition) is 1. The van der Waals surface area contributed by atoms with Gasteiger partial charge in [0.1, 0.15) is 0 Å². The Bertz CT molecular complexity index is 364. The van der Waals surface area contributed by atoms with Crippen LogP contribution >= 0.6 is 27.3 Å². The number of nitrogens with zero attached hydrogens (tertiary/aromatic N) is 1. The minimum atomic E-state index is 0.624. The van der Waals surface area contributed by atoms with Crippen LogP contribution in [0.3, 0.4) is 0 Å². The van der Waals surface area contributed by atoms with Gasteiger partial charge in [-0.1, -0.05) is 13.8 Å². The van der Waals surface area contributed by atoms with Crippen LogP contribution in [0.15, 0.2) is 15.9 Å². The molecule has 2 rings (SSSR count). The highest BCUT2D eigenvalue weighted by atomic mass is 79.9. The van der Waals surface area contributed by atoms with Crippen LogP contribution in [0.2, 0.25) is 0 Å². The van der Waals surface area contributed by atoms with E-state index in [-0.39, 0.29) is 0 Å². The molecule has 2 atom stereocenters. The van der Waals surface area contributed by atoms with Crippen molar-refractivity contribution in [3.8, 4) is 0 Å². The average molecular weight is 317 g/mol. The van der Waals surface area contributed by atoms with Crippen LogP contribution in [0.5, 0.6) is 0 Å². The van der Waals surface area contributed by atoms with Crippen molar-refractivity contribution in [2.45, 2.75) is 39.4 Å². The lowest BCUT2D eigenvalue weighted by Gasteiger charge is -2.40. The normalized spacial score (nSPS) is 26.6. The molecule has 2 nitrogen and oxygen atoms in total. The van der Waals surface area contributed by atoms with E-state index in [2.05, 4.69) is 58.4 Å². The molecule has 1 aromatic heterocycles. The van der Waals surface area contributed by atoms with Crippen LogP contribution < -0.4 is 5.32 Å². The van der Waals surface area contributed by atoms with E-state index in [0.29, 0.717) is 18.0 Å². The molecular formula is C13H21BrN2S. The fourth-order valence-corrected chi connectivity index (χ4v) is 3.74. The van der Waals surface area contributed by atoms with Crippen LogP contribution in [0.25, 0.3) is 0 Å². The van der Waals surface area contributed by atoms with Crippen molar-refractivity contribution < 1.29 is 0 Å². The fraction of sp³-hybridized carbons (Fsp3) is 0.692. The molecule has 2 unspecified atom stereocenters. The molecule has 4 heteroatoms. The summed E-state index contributed by atoms with van der Waals surface area (Å²) < 4.78 is 1.26. The number of piperazine rings is 1. The van der Waals surface area contributed by atoms with E-state index in [1.165, 1.54) is 9.35 Å². The molecule has 1 aliphatic rings. The van der Waals surface area contributed by atoms with Crippen molar-refractivity contribution >= 4 is 27.3 Å². The van der Waals surface area contributed by atoms with Gasteiger partial charge in [-0.05, 0) is 40.2 Å². The van der Waals surface area contributed by atoms with Gasteiger partial charge in [0.2, 0.25) is 0 Å². The zero-order valence-corrected chi connectivity index (χ0v) is 13.1. The van der Waals surface area contributed by atoms with Gasteiger partial charge in [0.15, 0.2) is 0 Å². The van der Waals surface area contributed by atoms with Crippen molar-refractivity contribution in [1.29, 1.82) is 0 Å². The van der Waals surface area contributed by atoms with Gasteiger partial charge >= 0.3 is 0 Å². The molecule has 0 amide bonds. The highest BCUT2D eigenvalue weighted by Gasteiger charge is 2.27. The first-order valence-electron chi connectivity index (χ1n) is 6.27. The van der Waals surface area contributed by atoms with E-state index in [1.54, 1.807) is 0 Å². The molecule has 0 aliphatic carbocycles. The summed E-state index contributed by atoms with van der Waals surface area (Å²) in [5.41, 5.74) is 0. The molecule has 0 aromatic carbocycles. The molecule has 1 N–H and O–H groups in total. The van der Waals surface area contributed by atoms with Crippen LogP contribution in [-0.2, 0) is 6.54 Å². The Labute approximate surface area is 117 Å². The second-order valence-corrected chi connectivity index (χ2v) is 7.08. The number of rotatable bonds is 3. The van der Waals surface area contributed by atoms with Crippen molar-refractivity contribution in [2.24, 2.45) is 5.92 Å². The van der Waals surface area contributed by atoms with E-state index in [9.17, 15) is 0 Å². The molecule has 1 saturated heterocycles. The highest BCUT2D eigenvalue weighted by Crippen LogP contribution is 2.26. The predicted octanol–water partition coefficient (Wildman–Crippen LogP) is 3.33. The van der Waals surface area contributed by atoms with Crippen LogP contribution in [0.4, 0.5) is 0 Å². The summed E-state index contributed by atoms with van der Waals surface area (Å²) in [7, 11) is 0. The molecule has 0 bridgehead atoms. The highest BCUT2D eigenvalue weighted by molar-refractivity contribution is 9.10. The third-order valence-corrected chi connectivity index (χ3v) is 5.48. The van der Waals surface area contributed by atoms with Gasteiger partial charge in [-0.3, -0.25) is 4.90 Å². The number of nitrogens with one attached hydrogen (secondary N) is 1. The smallest absolute Gasteiger partial charge is 0.0343 e. The van der Waals surface area contributed by atoms with Gasteiger partial charge in [-0.2, -0.15) is 0 Å². The van der Waals surface area contributed by atoms with Gasteiger partial charge in [-0.25, -0.2) is 0 Å². The Hall–Kier alpha value is 0.1000. The van der Waals surface area contributed by atoms with Crippen molar-refractivity contribution in [2.75, 3.05) is 13.1 Å². The van der Waals surface area contributed by atoms with E-state index >= 15 is 0 Å². The summed E-state index contributed by atoms with van der Waals surface area (Å²) >= 11 is 5.47. The minimum absolute atomic E-state index is 0.624. The Morgan fingerprint density at radius 3 is 2.94 bits per heavy atom. The Morgan fingerprint density at radius 1 is 1.59 bits per heavy atom. The summed E-state index contributed by atoms with van der Waals surface area (Å²) in [4.78, 5) is 4.04. The van der Waals surface area contributed by atoms with E-state index in [1.807, 2.05) is 11.3 Å². The van der Waals surface area contributed by atoms with Crippen molar-refractivity contribution in [3.05, 3.63) is 20.8 Å². The zero-order valence-electron chi connectivity index (χ0n) is 10.7. The Kier molecular flexibility index (Phi) is 4.64. The van der Waals surface area contributed by atoms with Gasteiger partial charge in [-0.15, -0.1) is 11.3 Å². The maximum Gasteiger partial charge on any atom is 0.0343 e. The van der Waals surface area contributed by atoms with E-state index in [4.69, 9.17) is 0 Å². The van der Waals surface area contributed by atoms with E-state index < -0.39 is 0 Å². The summed E-state index contributed by atoms with van der Waals surface area (Å²) in [6.45, 7) is 10.2. The lowest BCUT2D eigenvalue weighted by Crippen LogP contribution is -2.56. The number of hydrogen-bond acceptors (Lipinski definition) is 3. The molecule has 0 saturated carbocycles. The quantitative estimate of drug-likeness (QED) is 0.920. The van der Waals surface area contributed by atoms with Crippen molar-refractivity contribution in [3.63, 3.8) is 0 Å². The second kappa shape index (κ2) is 5.83. The second-order valence-electron chi connectivity index (χ2n) is 5.23. The topological polar surface area (TPSA) is 15.3 Å². The lowest BCUT2D eigenvalue weighted by molar-refractivity contribution is 0.117. The molecule has 96 valence electrons. The van der Waals surface area contributed by atoms with Crippen LogP contribution in [0, 0.1) is 5.92 Å².